The maximum atomic E-state index is 9.38. The summed E-state index contributed by atoms with van der Waals surface area (Å²) in [5.41, 5.74) is 1.72. The van der Waals surface area contributed by atoms with E-state index in [0.29, 0.717) is 19.6 Å². The van der Waals surface area contributed by atoms with E-state index in [4.69, 9.17) is 19.5 Å². The monoisotopic (exact) mass is 364 g/mol. The Morgan fingerprint density at radius 3 is 1.85 bits per heavy atom. The second-order valence-electron chi connectivity index (χ2n) is 6.22. The largest absolute Gasteiger partial charge is 0.497 e. The van der Waals surface area contributed by atoms with Crippen LogP contribution >= 0.6 is 0 Å². The molecule has 0 amide bonds. The van der Waals surface area contributed by atoms with Gasteiger partial charge in [-0.2, -0.15) is 10.5 Å². The molecule has 5 nitrogen and oxygen atoms in total. The minimum atomic E-state index is -0.371. The van der Waals surface area contributed by atoms with Crippen LogP contribution in [-0.4, -0.2) is 27.4 Å². The average molecular weight is 364 g/mol. The summed E-state index contributed by atoms with van der Waals surface area (Å²) >= 11 is 0. The lowest BCUT2D eigenvalue weighted by molar-refractivity contribution is 0.0675. The molecule has 1 fully saturated rings. The molecule has 0 N–H and O–H groups in total. The number of hydrogen-bond donors (Lipinski definition) is 0. The van der Waals surface area contributed by atoms with E-state index in [-0.39, 0.29) is 5.41 Å². The SMILES string of the molecule is COc1ccc(C2(C#N)CCOCC2)cc1.COc1ccc(CC#N)cc1. The first-order valence-electron chi connectivity index (χ1n) is 8.81. The van der Waals surface area contributed by atoms with Crippen LogP contribution in [0.4, 0.5) is 0 Å². The van der Waals surface area contributed by atoms with Crippen molar-refractivity contribution >= 4 is 0 Å². The fraction of sp³-hybridized carbons (Fsp3) is 0.364. The van der Waals surface area contributed by atoms with Gasteiger partial charge >= 0.3 is 0 Å². The minimum Gasteiger partial charge on any atom is -0.497 e. The smallest absolute Gasteiger partial charge is 0.118 e. The molecule has 0 atom stereocenters. The van der Waals surface area contributed by atoms with Crippen molar-refractivity contribution in [3.63, 3.8) is 0 Å². The Morgan fingerprint density at radius 1 is 0.889 bits per heavy atom. The number of ether oxygens (including phenoxy) is 3. The molecule has 1 aliphatic heterocycles. The summed E-state index contributed by atoms with van der Waals surface area (Å²) < 4.78 is 15.4. The van der Waals surface area contributed by atoms with Gasteiger partial charge in [-0.25, -0.2) is 0 Å². The van der Waals surface area contributed by atoms with Crippen molar-refractivity contribution in [1.82, 2.24) is 0 Å². The molecule has 1 heterocycles. The van der Waals surface area contributed by atoms with Gasteiger partial charge in [0.25, 0.3) is 0 Å². The second kappa shape index (κ2) is 10.2. The van der Waals surface area contributed by atoms with Crippen LogP contribution in [0.15, 0.2) is 48.5 Å². The van der Waals surface area contributed by atoms with Crippen molar-refractivity contribution in [1.29, 1.82) is 10.5 Å². The number of nitriles is 2. The molecule has 0 aliphatic carbocycles. The zero-order chi connectivity index (χ0) is 19.5. The topological polar surface area (TPSA) is 75.3 Å². The summed E-state index contributed by atoms with van der Waals surface area (Å²) in [6.07, 6.45) is 2.01. The van der Waals surface area contributed by atoms with Gasteiger partial charge in [0.2, 0.25) is 0 Å². The van der Waals surface area contributed by atoms with Crippen molar-refractivity contribution in [2.24, 2.45) is 0 Å². The fourth-order valence-electron chi connectivity index (χ4n) is 2.93. The van der Waals surface area contributed by atoms with E-state index in [2.05, 4.69) is 12.1 Å². The quantitative estimate of drug-likeness (QED) is 0.819. The maximum absolute atomic E-state index is 9.38. The molecule has 2 aromatic rings. The van der Waals surface area contributed by atoms with Crippen LogP contribution < -0.4 is 9.47 Å². The Balaban J connectivity index is 0.000000208. The van der Waals surface area contributed by atoms with Crippen LogP contribution in [0.25, 0.3) is 0 Å². The predicted molar refractivity (Wildman–Crippen MR) is 103 cm³/mol. The molecule has 2 aromatic carbocycles. The summed E-state index contributed by atoms with van der Waals surface area (Å²) in [5.74, 6) is 1.65. The third kappa shape index (κ3) is 5.48. The van der Waals surface area contributed by atoms with Gasteiger partial charge in [0.1, 0.15) is 11.5 Å². The van der Waals surface area contributed by atoms with Crippen LogP contribution in [0.3, 0.4) is 0 Å². The van der Waals surface area contributed by atoms with E-state index in [9.17, 15) is 5.26 Å². The predicted octanol–water partition coefficient (Wildman–Crippen LogP) is 4.03. The molecule has 0 spiro atoms. The molecule has 0 radical (unpaired) electrons. The standard InChI is InChI=1S/C13H15NO2.C9H9NO/c1-15-12-4-2-11(3-5-12)13(10-14)6-8-16-9-7-13;1-11-9-4-2-8(3-5-9)6-7-10/h2-5H,6-9H2,1H3;2-5H,6H2,1H3. The highest BCUT2D eigenvalue weighted by atomic mass is 16.5. The molecular weight excluding hydrogens is 340 g/mol. The Morgan fingerprint density at radius 2 is 1.41 bits per heavy atom. The van der Waals surface area contributed by atoms with Crippen LogP contribution in [0.2, 0.25) is 0 Å². The Labute approximate surface area is 160 Å². The van der Waals surface area contributed by atoms with E-state index in [1.807, 2.05) is 48.5 Å². The summed E-state index contributed by atoms with van der Waals surface area (Å²) in [6.45, 7) is 1.33. The minimum absolute atomic E-state index is 0.371. The Kier molecular flexibility index (Phi) is 7.67. The van der Waals surface area contributed by atoms with Crippen molar-refractivity contribution in [3.8, 4) is 23.6 Å². The normalized spacial score (nSPS) is 14.7. The number of methoxy groups -OCH3 is 2. The van der Waals surface area contributed by atoms with Gasteiger partial charge < -0.3 is 14.2 Å². The number of rotatable bonds is 4. The fourth-order valence-corrected chi connectivity index (χ4v) is 2.93. The lowest BCUT2D eigenvalue weighted by Gasteiger charge is -2.31. The molecule has 1 aliphatic rings. The highest BCUT2D eigenvalue weighted by molar-refractivity contribution is 5.37. The highest BCUT2D eigenvalue weighted by Gasteiger charge is 2.34. The third-order valence-electron chi connectivity index (χ3n) is 4.65. The van der Waals surface area contributed by atoms with E-state index in [0.717, 1.165) is 35.5 Å². The van der Waals surface area contributed by atoms with Crippen molar-refractivity contribution in [3.05, 3.63) is 59.7 Å². The second-order valence-corrected chi connectivity index (χ2v) is 6.22. The van der Waals surface area contributed by atoms with E-state index < -0.39 is 0 Å². The molecule has 27 heavy (non-hydrogen) atoms. The first-order valence-corrected chi connectivity index (χ1v) is 8.81. The van der Waals surface area contributed by atoms with Gasteiger partial charge in [0.05, 0.1) is 38.2 Å². The van der Waals surface area contributed by atoms with Crippen LogP contribution in [0.5, 0.6) is 11.5 Å². The first-order chi connectivity index (χ1) is 13.2. The van der Waals surface area contributed by atoms with Crippen molar-refractivity contribution < 1.29 is 14.2 Å². The summed E-state index contributed by atoms with van der Waals surface area (Å²) in [6, 6.07) is 19.8. The Bertz CT molecular complexity index is 780. The lowest BCUT2D eigenvalue weighted by atomic mass is 9.75. The van der Waals surface area contributed by atoms with E-state index in [1.165, 1.54) is 0 Å². The van der Waals surface area contributed by atoms with E-state index >= 15 is 0 Å². The molecule has 140 valence electrons. The van der Waals surface area contributed by atoms with Crippen molar-refractivity contribution in [2.45, 2.75) is 24.7 Å². The van der Waals surface area contributed by atoms with Gasteiger partial charge in [-0.15, -0.1) is 0 Å². The molecule has 5 heteroatoms. The zero-order valence-electron chi connectivity index (χ0n) is 15.8. The molecule has 0 unspecified atom stereocenters. The lowest BCUT2D eigenvalue weighted by Crippen LogP contribution is -2.32. The summed E-state index contributed by atoms with van der Waals surface area (Å²) in [4.78, 5) is 0. The van der Waals surface area contributed by atoms with E-state index in [1.54, 1.807) is 14.2 Å². The molecule has 0 saturated carbocycles. The Hall–Kier alpha value is -3.02. The number of nitrogens with zero attached hydrogens (tertiary/aromatic N) is 2. The molecule has 1 saturated heterocycles. The third-order valence-corrected chi connectivity index (χ3v) is 4.65. The van der Waals surface area contributed by atoms with Gasteiger partial charge in [0.15, 0.2) is 0 Å². The molecular formula is C22H24N2O3. The summed E-state index contributed by atoms with van der Waals surface area (Å²) in [7, 11) is 3.27. The van der Waals surface area contributed by atoms with Gasteiger partial charge in [-0.3, -0.25) is 0 Å². The first kappa shape index (κ1) is 20.3. The average Bonchev–Trinajstić information content (AvgIpc) is 2.75. The van der Waals surface area contributed by atoms with Crippen LogP contribution in [0.1, 0.15) is 24.0 Å². The zero-order valence-corrected chi connectivity index (χ0v) is 15.8. The molecule has 0 aromatic heterocycles. The number of benzene rings is 2. The summed E-state index contributed by atoms with van der Waals surface area (Å²) in [5, 5.41) is 17.7. The highest BCUT2D eigenvalue weighted by Crippen LogP contribution is 2.34. The van der Waals surface area contributed by atoms with Gasteiger partial charge in [-0.1, -0.05) is 24.3 Å². The van der Waals surface area contributed by atoms with Gasteiger partial charge in [0, 0.05) is 13.2 Å². The molecule has 0 bridgehead atoms. The molecule has 3 rings (SSSR count). The van der Waals surface area contributed by atoms with Crippen LogP contribution in [-0.2, 0) is 16.6 Å². The van der Waals surface area contributed by atoms with Gasteiger partial charge in [-0.05, 0) is 48.2 Å². The van der Waals surface area contributed by atoms with Crippen molar-refractivity contribution in [2.75, 3.05) is 27.4 Å². The van der Waals surface area contributed by atoms with Crippen LogP contribution in [0, 0.1) is 22.7 Å². The number of hydrogen-bond acceptors (Lipinski definition) is 5. The maximum Gasteiger partial charge on any atom is 0.118 e.